The van der Waals surface area contributed by atoms with E-state index in [1.54, 1.807) is 0 Å². The van der Waals surface area contributed by atoms with Crippen molar-refractivity contribution in [1.29, 1.82) is 0 Å². The van der Waals surface area contributed by atoms with Gasteiger partial charge in [0, 0.05) is 17.1 Å². The van der Waals surface area contributed by atoms with Gasteiger partial charge in [0.15, 0.2) is 9.84 Å². The van der Waals surface area contributed by atoms with Gasteiger partial charge in [-0.1, -0.05) is 0 Å². The Bertz CT molecular complexity index is 979. The van der Waals surface area contributed by atoms with Gasteiger partial charge in [0.2, 0.25) is 0 Å². The predicted molar refractivity (Wildman–Crippen MR) is 99.9 cm³/mol. The molecule has 2 aromatic heterocycles. The molecule has 134 valence electrons. The average molecular weight is 380 g/mol. The molecule has 0 aromatic carbocycles. The number of rotatable bonds is 2. The molecule has 3 heterocycles. The third kappa shape index (κ3) is 2.91. The second-order valence-electron chi connectivity index (χ2n) is 6.96. The third-order valence-corrected chi connectivity index (χ3v) is 8.04. The van der Waals surface area contributed by atoms with Crippen molar-refractivity contribution in [3.63, 3.8) is 0 Å². The summed E-state index contributed by atoms with van der Waals surface area (Å²) in [6, 6.07) is -0.328. The number of sulfone groups is 1. The van der Waals surface area contributed by atoms with Crippen molar-refractivity contribution in [2.45, 2.75) is 45.1 Å². The van der Waals surface area contributed by atoms with Gasteiger partial charge in [-0.25, -0.2) is 13.4 Å². The lowest BCUT2D eigenvalue weighted by molar-refractivity contribution is 0.0946. The number of amides is 1. The number of carbonyl (C=O) groups excluding carboxylic acids is 1. The Labute approximate surface area is 150 Å². The van der Waals surface area contributed by atoms with E-state index in [1.807, 2.05) is 6.92 Å². The molecule has 1 atom stereocenters. The second kappa shape index (κ2) is 5.95. The number of hydrogen-bond acceptors (Lipinski definition) is 6. The molecule has 1 aliphatic heterocycles. The van der Waals surface area contributed by atoms with E-state index in [-0.39, 0.29) is 23.5 Å². The van der Waals surface area contributed by atoms with Crippen LogP contribution in [0.25, 0.3) is 10.2 Å². The van der Waals surface area contributed by atoms with Gasteiger partial charge in [-0.15, -0.1) is 11.3 Å². The molecule has 1 amide bonds. The molecule has 3 N–H and O–H groups in total. The molecule has 8 heteroatoms. The highest BCUT2D eigenvalue weighted by atomic mass is 32.2. The normalized spacial score (nSPS) is 22.0. The number of nitrogen functional groups attached to an aromatic ring is 1. The van der Waals surface area contributed by atoms with Crippen LogP contribution in [0.4, 0.5) is 5.69 Å². The zero-order chi connectivity index (χ0) is 17.8. The molecule has 2 aliphatic rings. The Balaban J connectivity index is 1.71. The van der Waals surface area contributed by atoms with Crippen molar-refractivity contribution in [2.24, 2.45) is 0 Å². The van der Waals surface area contributed by atoms with Crippen molar-refractivity contribution in [2.75, 3.05) is 17.2 Å². The van der Waals surface area contributed by atoms with Crippen LogP contribution in [0.15, 0.2) is 0 Å². The Morgan fingerprint density at radius 3 is 2.68 bits per heavy atom. The smallest absolute Gasteiger partial charge is 0.263 e. The molecule has 0 unspecified atom stereocenters. The minimum atomic E-state index is -3.03. The highest BCUT2D eigenvalue weighted by molar-refractivity contribution is 7.91. The summed E-state index contributed by atoms with van der Waals surface area (Å²) in [5, 5.41) is 3.76. The number of aryl methyl sites for hydroxylation is 2. The van der Waals surface area contributed by atoms with E-state index in [9.17, 15) is 13.2 Å². The Hall–Kier alpha value is -1.67. The fourth-order valence-corrected chi connectivity index (χ4v) is 6.68. The van der Waals surface area contributed by atoms with Crippen LogP contribution in [0.3, 0.4) is 0 Å². The summed E-state index contributed by atoms with van der Waals surface area (Å²) >= 11 is 1.30. The first-order valence-corrected chi connectivity index (χ1v) is 11.2. The number of nitrogens with one attached hydrogen (secondary N) is 1. The van der Waals surface area contributed by atoms with Gasteiger partial charge in [-0.2, -0.15) is 0 Å². The maximum Gasteiger partial charge on any atom is 0.263 e. The molecular weight excluding hydrogens is 358 g/mol. The fraction of sp³-hybridized carbons (Fsp3) is 0.529. The second-order valence-corrected chi connectivity index (χ2v) is 10.2. The number of aromatic nitrogens is 1. The quantitative estimate of drug-likeness (QED) is 0.831. The van der Waals surface area contributed by atoms with E-state index in [2.05, 4.69) is 10.3 Å². The molecule has 1 fully saturated rings. The Kier molecular flexibility index (Phi) is 3.99. The van der Waals surface area contributed by atoms with Gasteiger partial charge in [0.25, 0.3) is 5.91 Å². The molecule has 0 radical (unpaired) electrons. The minimum absolute atomic E-state index is 0.0102. The summed E-state index contributed by atoms with van der Waals surface area (Å²) in [6.45, 7) is 2.02. The van der Waals surface area contributed by atoms with Crippen LogP contribution < -0.4 is 11.1 Å². The van der Waals surface area contributed by atoms with Gasteiger partial charge < -0.3 is 11.1 Å². The van der Waals surface area contributed by atoms with Crippen LogP contribution in [0.1, 0.15) is 45.8 Å². The Morgan fingerprint density at radius 1 is 1.28 bits per heavy atom. The Morgan fingerprint density at radius 2 is 2.00 bits per heavy atom. The minimum Gasteiger partial charge on any atom is -0.397 e. The van der Waals surface area contributed by atoms with E-state index in [1.165, 1.54) is 22.5 Å². The third-order valence-electron chi connectivity index (χ3n) is 5.18. The van der Waals surface area contributed by atoms with Crippen molar-refractivity contribution in [3.05, 3.63) is 21.7 Å². The van der Waals surface area contributed by atoms with Gasteiger partial charge in [-0.3, -0.25) is 4.79 Å². The largest absolute Gasteiger partial charge is 0.397 e. The average Bonchev–Trinajstić information content (AvgIpc) is 3.07. The van der Waals surface area contributed by atoms with Crippen LogP contribution in [-0.2, 0) is 22.7 Å². The molecule has 0 bridgehead atoms. The van der Waals surface area contributed by atoms with Crippen molar-refractivity contribution >= 4 is 43.0 Å². The van der Waals surface area contributed by atoms with E-state index < -0.39 is 9.84 Å². The molecule has 0 spiro atoms. The number of thiophene rings is 1. The summed E-state index contributed by atoms with van der Waals surface area (Å²) in [7, 11) is -3.03. The van der Waals surface area contributed by atoms with E-state index >= 15 is 0 Å². The highest BCUT2D eigenvalue weighted by Gasteiger charge is 2.31. The summed E-state index contributed by atoms with van der Waals surface area (Å²) in [6.07, 6.45) is 4.74. The van der Waals surface area contributed by atoms with Crippen LogP contribution in [0.5, 0.6) is 0 Å². The van der Waals surface area contributed by atoms with Crippen molar-refractivity contribution in [1.82, 2.24) is 10.3 Å². The number of nitrogens with two attached hydrogens (primary N) is 1. The van der Waals surface area contributed by atoms with Gasteiger partial charge in [-0.05, 0) is 50.2 Å². The molecule has 25 heavy (non-hydrogen) atoms. The van der Waals surface area contributed by atoms with Crippen LogP contribution in [0.2, 0.25) is 0 Å². The number of nitrogens with zero attached hydrogens (tertiary/aromatic N) is 1. The lowest BCUT2D eigenvalue weighted by Crippen LogP contribution is -2.35. The lowest BCUT2D eigenvalue weighted by Gasteiger charge is -2.18. The standard InChI is InChI=1S/C17H21N3O3S2/c1-9-11-4-2-3-5-12(11)13-14(18)15(24-17(13)19-9)16(21)20-10-6-7-25(22,23)8-10/h10H,2-8,18H2,1H3,(H,20,21)/t10-/m0/s1. The SMILES string of the molecule is Cc1nc2sc(C(=O)N[C@H]3CCS(=O)(=O)C3)c(N)c2c2c1CCCC2. The fourth-order valence-electron chi connectivity index (χ4n) is 3.93. The maximum absolute atomic E-state index is 12.7. The van der Waals surface area contributed by atoms with E-state index in [0.29, 0.717) is 17.0 Å². The summed E-state index contributed by atoms with van der Waals surface area (Å²) < 4.78 is 23.2. The molecule has 0 saturated carbocycles. The first-order valence-electron chi connectivity index (χ1n) is 8.57. The zero-order valence-corrected chi connectivity index (χ0v) is 15.7. The maximum atomic E-state index is 12.7. The highest BCUT2D eigenvalue weighted by Crippen LogP contribution is 2.39. The van der Waals surface area contributed by atoms with Crippen LogP contribution >= 0.6 is 11.3 Å². The van der Waals surface area contributed by atoms with Gasteiger partial charge in [0.05, 0.1) is 17.2 Å². The number of anilines is 1. The molecule has 2 aromatic rings. The van der Waals surface area contributed by atoms with Crippen molar-refractivity contribution in [3.8, 4) is 0 Å². The number of carbonyl (C=O) groups is 1. The van der Waals surface area contributed by atoms with Crippen LogP contribution in [-0.4, -0.2) is 36.9 Å². The first kappa shape index (κ1) is 16.8. The zero-order valence-electron chi connectivity index (χ0n) is 14.1. The topological polar surface area (TPSA) is 102 Å². The first-order chi connectivity index (χ1) is 11.9. The molecule has 4 rings (SSSR count). The van der Waals surface area contributed by atoms with E-state index in [0.717, 1.165) is 41.6 Å². The van der Waals surface area contributed by atoms with Crippen molar-refractivity contribution < 1.29 is 13.2 Å². The number of hydrogen-bond donors (Lipinski definition) is 2. The summed E-state index contributed by atoms with van der Waals surface area (Å²) in [5.41, 5.74) is 10.4. The number of pyridine rings is 1. The van der Waals surface area contributed by atoms with Gasteiger partial charge >= 0.3 is 0 Å². The predicted octanol–water partition coefficient (Wildman–Crippen LogP) is 1.98. The molecule has 1 aliphatic carbocycles. The summed E-state index contributed by atoms with van der Waals surface area (Å²) in [5.74, 6) is -0.144. The van der Waals surface area contributed by atoms with Gasteiger partial charge in [0.1, 0.15) is 9.71 Å². The van der Waals surface area contributed by atoms with E-state index in [4.69, 9.17) is 5.73 Å². The number of fused-ring (bicyclic) bond motifs is 3. The molecule has 6 nitrogen and oxygen atoms in total. The molecular formula is C17H21N3O3S2. The lowest BCUT2D eigenvalue weighted by atomic mass is 9.89. The summed E-state index contributed by atoms with van der Waals surface area (Å²) in [4.78, 5) is 18.6. The monoisotopic (exact) mass is 379 g/mol. The van der Waals surface area contributed by atoms with Crippen LogP contribution in [0, 0.1) is 6.92 Å². The molecule has 1 saturated heterocycles.